The molecule has 0 aromatic heterocycles. The molecule has 0 amide bonds. The molecular weight excluding hydrogens is 296 g/mol. The molecule has 8 heteroatoms. The van der Waals surface area contributed by atoms with Crippen LogP contribution in [0.25, 0.3) is 0 Å². The number of aliphatic carboxylic acids is 1. The first-order valence-electron chi connectivity index (χ1n) is 6.11. The molecule has 8 nitrogen and oxygen atoms in total. The number of carbonyl (C=O) groups is 4. The summed E-state index contributed by atoms with van der Waals surface area (Å²) < 4.78 is 8.69. The number of hydrogen-bond donors (Lipinski definition) is 2. The van der Waals surface area contributed by atoms with Crippen molar-refractivity contribution in [3.63, 3.8) is 0 Å². The lowest BCUT2D eigenvalue weighted by Gasteiger charge is -2.20. The molecule has 0 aliphatic carbocycles. The van der Waals surface area contributed by atoms with Crippen molar-refractivity contribution in [2.75, 3.05) is 7.11 Å². The number of ether oxygens (including phenoxy) is 2. The predicted octanol–water partition coefficient (Wildman–Crippen LogP) is 0.139. The van der Waals surface area contributed by atoms with E-state index in [0.29, 0.717) is 0 Å². The van der Waals surface area contributed by atoms with Crippen molar-refractivity contribution in [1.82, 2.24) is 0 Å². The standard InChI is InChI=1S/C14H14O8/c1-21-10(15)7-14(20,13(18)19)8-11(16)22-12(17)9-5-3-2-4-6-9/h2-6,20H,7-8H2,1H3,(H,18,19). The van der Waals surface area contributed by atoms with Gasteiger partial charge in [-0.25, -0.2) is 9.59 Å². The molecule has 118 valence electrons. The van der Waals surface area contributed by atoms with E-state index in [1.165, 1.54) is 12.1 Å². The molecular formula is C14H14O8. The van der Waals surface area contributed by atoms with Crippen LogP contribution in [0, 0.1) is 0 Å². The molecule has 22 heavy (non-hydrogen) atoms. The van der Waals surface area contributed by atoms with Crippen LogP contribution in [0.3, 0.4) is 0 Å². The van der Waals surface area contributed by atoms with Crippen molar-refractivity contribution in [3.8, 4) is 0 Å². The number of esters is 3. The quantitative estimate of drug-likeness (QED) is 0.561. The molecule has 0 aliphatic rings. The average Bonchev–Trinajstić information content (AvgIpc) is 2.47. The van der Waals surface area contributed by atoms with Gasteiger partial charge in [0.25, 0.3) is 0 Å². The van der Waals surface area contributed by atoms with Crippen LogP contribution in [0.5, 0.6) is 0 Å². The Hall–Kier alpha value is -2.74. The summed E-state index contributed by atoms with van der Waals surface area (Å²) in [5, 5.41) is 18.8. The zero-order chi connectivity index (χ0) is 16.8. The van der Waals surface area contributed by atoms with Crippen molar-refractivity contribution >= 4 is 23.9 Å². The van der Waals surface area contributed by atoms with Crippen molar-refractivity contribution < 1.29 is 38.9 Å². The van der Waals surface area contributed by atoms with Gasteiger partial charge in [-0.3, -0.25) is 9.59 Å². The highest BCUT2D eigenvalue weighted by Crippen LogP contribution is 2.18. The van der Waals surface area contributed by atoms with Crippen LogP contribution in [-0.4, -0.2) is 46.8 Å². The second kappa shape index (κ2) is 7.32. The topological polar surface area (TPSA) is 127 Å². The van der Waals surface area contributed by atoms with E-state index < -0.39 is 42.3 Å². The van der Waals surface area contributed by atoms with Gasteiger partial charge in [-0.1, -0.05) is 18.2 Å². The van der Waals surface area contributed by atoms with Gasteiger partial charge >= 0.3 is 23.9 Å². The van der Waals surface area contributed by atoms with Gasteiger partial charge in [0.1, 0.15) is 0 Å². The van der Waals surface area contributed by atoms with Crippen LogP contribution >= 0.6 is 0 Å². The normalized spacial score (nSPS) is 12.8. The van der Waals surface area contributed by atoms with E-state index in [2.05, 4.69) is 9.47 Å². The molecule has 0 bridgehead atoms. The molecule has 0 spiro atoms. The lowest BCUT2D eigenvalue weighted by Crippen LogP contribution is -2.43. The molecule has 0 heterocycles. The van der Waals surface area contributed by atoms with Gasteiger partial charge in [0, 0.05) is 0 Å². The van der Waals surface area contributed by atoms with Gasteiger partial charge in [0.05, 0.1) is 25.5 Å². The van der Waals surface area contributed by atoms with Crippen molar-refractivity contribution in [1.29, 1.82) is 0 Å². The average molecular weight is 310 g/mol. The highest BCUT2D eigenvalue weighted by atomic mass is 16.6. The molecule has 0 saturated carbocycles. The largest absolute Gasteiger partial charge is 0.479 e. The Balaban J connectivity index is 2.74. The molecule has 0 fully saturated rings. The molecule has 1 atom stereocenters. The highest BCUT2D eigenvalue weighted by molar-refractivity contribution is 5.98. The Labute approximate surface area is 125 Å². The lowest BCUT2D eigenvalue weighted by molar-refractivity contribution is -0.171. The van der Waals surface area contributed by atoms with Gasteiger partial charge < -0.3 is 19.7 Å². The summed E-state index contributed by atoms with van der Waals surface area (Å²) in [6.07, 6.45) is -2.02. The minimum Gasteiger partial charge on any atom is -0.479 e. The van der Waals surface area contributed by atoms with E-state index in [1.807, 2.05) is 0 Å². The second-order valence-corrected chi connectivity index (χ2v) is 4.39. The van der Waals surface area contributed by atoms with Crippen molar-refractivity contribution in [3.05, 3.63) is 35.9 Å². The number of rotatable bonds is 6. The number of aliphatic hydroxyl groups is 1. The molecule has 0 radical (unpaired) electrons. The SMILES string of the molecule is COC(=O)CC(O)(CC(=O)OC(=O)c1ccccc1)C(=O)O. The summed E-state index contributed by atoms with van der Waals surface area (Å²) in [6, 6.07) is 7.54. The summed E-state index contributed by atoms with van der Waals surface area (Å²) >= 11 is 0. The van der Waals surface area contributed by atoms with E-state index in [0.717, 1.165) is 7.11 Å². The van der Waals surface area contributed by atoms with Crippen LogP contribution in [-0.2, 0) is 23.9 Å². The summed E-state index contributed by atoms with van der Waals surface area (Å²) in [7, 11) is 1.00. The van der Waals surface area contributed by atoms with Crippen LogP contribution < -0.4 is 0 Å². The third-order valence-corrected chi connectivity index (χ3v) is 2.72. The summed E-state index contributed by atoms with van der Waals surface area (Å²) in [4.78, 5) is 45.3. The Morgan fingerprint density at radius 1 is 1.05 bits per heavy atom. The molecule has 1 aromatic carbocycles. The smallest absolute Gasteiger partial charge is 0.345 e. The number of carbonyl (C=O) groups excluding carboxylic acids is 3. The minimum atomic E-state index is -2.71. The Morgan fingerprint density at radius 3 is 2.09 bits per heavy atom. The molecule has 1 unspecified atom stereocenters. The fraction of sp³-hybridized carbons (Fsp3) is 0.286. The summed E-state index contributed by atoms with van der Waals surface area (Å²) in [5.74, 6) is -5.09. The predicted molar refractivity (Wildman–Crippen MR) is 70.7 cm³/mol. The first-order valence-corrected chi connectivity index (χ1v) is 6.11. The minimum absolute atomic E-state index is 0.0858. The number of hydrogen-bond acceptors (Lipinski definition) is 7. The summed E-state index contributed by atoms with van der Waals surface area (Å²) in [5.41, 5.74) is -2.62. The highest BCUT2D eigenvalue weighted by Gasteiger charge is 2.42. The number of carboxylic acid groups (broad SMARTS) is 1. The Morgan fingerprint density at radius 2 is 1.59 bits per heavy atom. The fourth-order valence-corrected chi connectivity index (χ4v) is 1.54. The van der Waals surface area contributed by atoms with Crippen molar-refractivity contribution in [2.24, 2.45) is 0 Å². The first kappa shape index (κ1) is 17.3. The molecule has 1 aromatic rings. The van der Waals surface area contributed by atoms with Crippen molar-refractivity contribution in [2.45, 2.75) is 18.4 Å². The summed E-state index contributed by atoms with van der Waals surface area (Å²) in [6.45, 7) is 0. The van der Waals surface area contributed by atoms with Gasteiger partial charge in [-0.05, 0) is 12.1 Å². The zero-order valence-corrected chi connectivity index (χ0v) is 11.6. The Bertz CT molecular complexity index is 580. The maximum atomic E-state index is 11.6. The maximum Gasteiger partial charge on any atom is 0.345 e. The molecule has 0 saturated heterocycles. The van der Waals surface area contributed by atoms with Gasteiger partial charge in [-0.2, -0.15) is 0 Å². The van der Waals surface area contributed by atoms with Crippen LogP contribution in [0.4, 0.5) is 0 Å². The monoisotopic (exact) mass is 310 g/mol. The van der Waals surface area contributed by atoms with E-state index >= 15 is 0 Å². The second-order valence-electron chi connectivity index (χ2n) is 4.39. The van der Waals surface area contributed by atoms with E-state index in [4.69, 9.17) is 5.11 Å². The third kappa shape index (κ3) is 4.67. The van der Waals surface area contributed by atoms with E-state index in [-0.39, 0.29) is 5.56 Å². The van der Waals surface area contributed by atoms with Crippen LogP contribution in [0.2, 0.25) is 0 Å². The van der Waals surface area contributed by atoms with Gasteiger partial charge in [0.15, 0.2) is 5.60 Å². The van der Waals surface area contributed by atoms with Gasteiger partial charge in [-0.15, -0.1) is 0 Å². The van der Waals surface area contributed by atoms with Crippen LogP contribution in [0.1, 0.15) is 23.2 Å². The number of carboxylic acids is 1. The Kier molecular flexibility index (Phi) is 5.76. The fourth-order valence-electron chi connectivity index (χ4n) is 1.54. The lowest BCUT2D eigenvalue weighted by atomic mass is 9.96. The third-order valence-electron chi connectivity index (χ3n) is 2.72. The molecule has 0 aliphatic heterocycles. The van der Waals surface area contributed by atoms with E-state index in [1.54, 1.807) is 18.2 Å². The van der Waals surface area contributed by atoms with Gasteiger partial charge in [0.2, 0.25) is 0 Å². The number of benzene rings is 1. The first-order chi connectivity index (χ1) is 10.3. The van der Waals surface area contributed by atoms with E-state index in [9.17, 15) is 24.3 Å². The molecule has 2 N–H and O–H groups in total. The molecule has 1 rings (SSSR count). The number of methoxy groups -OCH3 is 1. The maximum absolute atomic E-state index is 11.6. The zero-order valence-electron chi connectivity index (χ0n) is 11.6. The van der Waals surface area contributed by atoms with Crippen LogP contribution in [0.15, 0.2) is 30.3 Å².